The first-order valence-corrected chi connectivity index (χ1v) is 11.3. The van der Waals surface area contributed by atoms with Gasteiger partial charge in [-0.05, 0) is 57.5 Å². The van der Waals surface area contributed by atoms with Gasteiger partial charge in [0, 0.05) is 5.39 Å². The highest BCUT2D eigenvalue weighted by Gasteiger charge is 2.27. The summed E-state index contributed by atoms with van der Waals surface area (Å²) in [6.45, 7) is 7.56. The number of aromatic nitrogens is 2. The van der Waals surface area contributed by atoms with Gasteiger partial charge in [0.2, 0.25) is 0 Å². The molecule has 7 nitrogen and oxygen atoms in total. The molecule has 0 aliphatic carbocycles. The predicted octanol–water partition coefficient (Wildman–Crippen LogP) is 4.64. The fraction of sp³-hybridized carbons (Fsp3) is 0.217. The van der Waals surface area contributed by atoms with Crippen LogP contribution in [0.15, 0.2) is 58.7 Å². The van der Waals surface area contributed by atoms with Gasteiger partial charge >= 0.3 is 0 Å². The van der Waals surface area contributed by atoms with Gasteiger partial charge in [-0.1, -0.05) is 28.9 Å². The Balaban J connectivity index is 2.17. The maximum absolute atomic E-state index is 13.7. The first kappa shape index (κ1) is 20.9. The summed E-state index contributed by atoms with van der Waals surface area (Å²) in [6.07, 6.45) is 2.63. The molecular weight excluding hydrogens is 414 g/mol. The lowest BCUT2D eigenvalue weighted by Gasteiger charge is -2.12. The largest absolute Gasteiger partial charge is 0.490 e. The minimum Gasteiger partial charge on any atom is -0.490 e. The molecule has 2 aromatic carbocycles. The van der Waals surface area contributed by atoms with E-state index in [1.165, 1.54) is 16.4 Å². The lowest BCUT2D eigenvalue weighted by molar-refractivity contribution is 0.245. The van der Waals surface area contributed by atoms with Crippen LogP contribution in [-0.4, -0.2) is 34.9 Å². The Hall–Kier alpha value is -3.39. The van der Waals surface area contributed by atoms with Crippen molar-refractivity contribution in [3.63, 3.8) is 0 Å². The summed E-state index contributed by atoms with van der Waals surface area (Å²) in [4.78, 5) is 4.51. The molecule has 0 aliphatic heterocycles. The van der Waals surface area contributed by atoms with Crippen LogP contribution in [0.3, 0.4) is 0 Å². The van der Waals surface area contributed by atoms with Gasteiger partial charge in [-0.25, -0.2) is 12.4 Å². The molecule has 8 heteroatoms. The summed E-state index contributed by atoms with van der Waals surface area (Å²) in [6, 6.07) is 12.1. The molecule has 2 heterocycles. The van der Waals surface area contributed by atoms with Gasteiger partial charge in [0.05, 0.1) is 45.5 Å². The van der Waals surface area contributed by atoms with E-state index in [0.29, 0.717) is 38.8 Å². The summed E-state index contributed by atoms with van der Waals surface area (Å²) >= 11 is 0. The standard InChI is InChI=1S/C23H23N3O4S/c1-14(2)30-21-7-5-6-19-23(21)22-16(4)18(12-25-27)24-13-20(22)26(19)31(28,29)17-10-8-15(3)9-11-17/h5-14,27H,1-4H3/b25-12+. The summed E-state index contributed by atoms with van der Waals surface area (Å²) < 4.78 is 34.8. The van der Waals surface area contributed by atoms with Crippen LogP contribution in [0.4, 0.5) is 0 Å². The van der Waals surface area contributed by atoms with Crippen LogP contribution in [0, 0.1) is 13.8 Å². The monoisotopic (exact) mass is 437 g/mol. The van der Waals surface area contributed by atoms with E-state index in [-0.39, 0.29) is 11.0 Å². The predicted molar refractivity (Wildman–Crippen MR) is 121 cm³/mol. The van der Waals surface area contributed by atoms with Crippen LogP contribution in [0.1, 0.15) is 30.7 Å². The molecule has 0 bridgehead atoms. The second-order valence-electron chi connectivity index (χ2n) is 7.67. The maximum Gasteiger partial charge on any atom is 0.268 e. The smallest absolute Gasteiger partial charge is 0.268 e. The zero-order valence-electron chi connectivity index (χ0n) is 17.7. The van der Waals surface area contributed by atoms with Crippen LogP contribution in [0.25, 0.3) is 21.8 Å². The van der Waals surface area contributed by atoms with Crippen molar-refractivity contribution in [1.29, 1.82) is 0 Å². The third-order valence-corrected chi connectivity index (χ3v) is 6.88. The van der Waals surface area contributed by atoms with Gasteiger partial charge < -0.3 is 9.94 Å². The van der Waals surface area contributed by atoms with Crippen LogP contribution in [-0.2, 0) is 10.0 Å². The second kappa shape index (κ2) is 7.70. The van der Waals surface area contributed by atoms with Crippen LogP contribution >= 0.6 is 0 Å². The number of aryl methyl sites for hydroxylation is 2. The number of hydrogen-bond acceptors (Lipinski definition) is 6. The Kier molecular flexibility index (Phi) is 5.18. The fourth-order valence-electron chi connectivity index (χ4n) is 3.76. The number of benzene rings is 2. The molecule has 0 unspecified atom stereocenters. The SMILES string of the molecule is Cc1ccc(S(=O)(=O)n2c3cccc(OC(C)C)c3c3c(C)c(/C=N/O)ncc32)cc1. The molecule has 0 atom stereocenters. The van der Waals surface area contributed by atoms with E-state index in [2.05, 4.69) is 10.1 Å². The fourth-order valence-corrected chi connectivity index (χ4v) is 5.26. The van der Waals surface area contributed by atoms with E-state index in [1.807, 2.05) is 33.8 Å². The van der Waals surface area contributed by atoms with Crippen LogP contribution < -0.4 is 4.74 Å². The molecule has 0 saturated carbocycles. The quantitative estimate of drug-likeness (QED) is 0.279. The number of hydrogen-bond donors (Lipinski definition) is 1. The van der Waals surface area contributed by atoms with Gasteiger partial charge in [0.1, 0.15) is 5.75 Å². The van der Waals surface area contributed by atoms with Gasteiger partial charge in [-0.3, -0.25) is 4.98 Å². The van der Waals surface area contributed by atoms with Gasteiger partial charge in [-0.2, -0.15) is 0 Å². The topological polar surface area (TPSA) is 93.8 Å². The average Bonchev–Trinajstić information content (AvgIpc) is 3.07. The molecular formula is C23H23N3O4S. The van der Waals surface area contributed by atoms with Crippen molar-refractivity contribution in [3.8, 4) is 5.75 Å². The number of fused-ring (bicyclic) bond motifs is 3. The average molecular weight is 438 g/mol. The van der Waals surface area contributed by atoms with Crippen LogP contribution in [0.5, 0.6) is 5.75 Å². The van der Waals surface area contributed by atoms with Gasteiger partial charge in [0.15, 0.2) is 0 Å². The summed E-state index contributed by atoms with van der Waals surface area (Å²) in [5.41, 5.74) is 3.04. The van der Waals surface area contributed by atoms with Crippen molar-refractivity contribution < 1.29 is 18.4 Å². The van der Waals surface area contributed by atoms with Gasteiger partial charge in [-0.15, -0.1) is 0 Å². The number of oxime groups is 1. The molecule has 31 heavy (non-hydrogen) atoms. The van der Waals surface area contributed by atoms with Crippen LogP contribution in [0.2, 0.25) is 0 Å². The molecule has 4 rings (SSSR count). The Bertz CT molecular complexity index is 1420. The Labute approximate surface area is 180 Å². The van der Waals surface area contributed by atoms with E-state index in [4.69, 9.17) is 9.94 Å². The molecule has 0 amide bonds. The minimum atomic E-state index is -3.91. The van der Waals surface area contributed by atoms with E-state index >= 15 is 0 Å². The zero-order valence-corrected chi connectivity index (χ0v) is 18.5. The molecule has 0 saturated heterocycles. The van der Waals surface area contributed by atoms with Crippen molar-refractivity contribution in [2.45, 2.75) is 38.7 Å². The molecule has 0 radical (unpaired) electrons. The minimum absolute atomic E-state index is 0.0988. The molecule has 0 aliphatic rings. The van der Waals surface area contributed by atoms with Crippen molar-refractivity contribution in [3.05, 3.63) is 65.5 Å². The number of rotatable bonds is 5. The molecule has 160 valence electrons. The van der Waals surface area contributed by atoms with Crippen molar-refractivity contribution in [2.24, 2.45) is 5.16 Å². The van der Waals surface area contributed by atoms with Gasteiger partial charge in [0.25, 0.3) is 10.0 Å². The number of pyridine rings is 1. The highest BCUT2D eigenvalue weighted by Crippen LogP contribution is 2.40. The van der Waals surface area contributed by atoms with Crippen molar-refractivity contribution in [2.75, 3.05) is 0 Å². The van der Waals surface area contributed by atoms with E-state index in [0.717, 1.165) is 5.56 Å². The first-order chi connectivity index (χ1) is 14.8. The van der Waals surface area contributed by atoms with E-state index < -0.39 is 10.0 Å². The first-order valence-electron chi connectivity index (χ1n) is 9.84. The van der Waals surface area contributed by atoms with E-state index in [9.17, 15) is 8.42 Å². The Morgan fingerprint density at radius 1 is 1.06 bits per heavy atom. The maximum atomic E-state index is 13.7. The normalized spacial score (nSPS) is 12.4. The molecule has 4 aromatic rings. The molecule has 0 fully saturated rings. The highest BCUT2D eigenvalue weighted by molar-refractivity contribution is 7.90. The number of ether oxygens (including phenoxy) is 1. The Morgan fingerprint density at radius 2 is 1.77 bits per heavy atom. The second-order valence-corrected chi connectivity index (χ2v) is 9.46. The molecule has 1 N–H and O–H groups in total. The molecule has 2 aromatic heterocycles. The lowest BCUT2D eigenvalue weighted by atomic mass is 10.1. The number of nitrogens with zero attached hydrogens (tertiary/aromatic N) is 3. The summed E-state index contributed by atoms with van der Waals surface area (Å²) in [7, 11) is -3.91. The Morgan fingerprint density at radius 3 is 2.42 bits per heavy atom. The third-order valence-electron chi connectivity index (χ3n) is 5.13. The van der Waals surface area contributed by atoms with E-state index in [1.54, 1.807) is 36.4 Å². The van der Waals surface area contributed by atoms with Crippen molar-refractivity contribution in [1.82, 2.24) is 8.96 Å². The molecule has 0 spiro atoms. The highest BCUT2D eigenvalue weighted by atomic mass is 32.2. The van der Waals surface area contributed by atoms with Crippen molar-refractivity contribution >= 4 is 38.0 Å². The zero-order chi connectivity index (χ0) is 22.3. The summed E-state index contributed by atoms with van der Waals surface area (Å²) in [5.74, 6) is 0.580. The third kappa shape index (κ3) is 3.42. The lowest BCUT2D eigenvalue weighted by Crippen LogP contribution is -2.13. The summed E-state index contributed by atoms with van der Waals surface area (Å²) in [5, 5.41) is 13.5.